The lowest BCUT2D eigenvalue weighted by molar-refractivity contribution is 0.851. The third-order valence-corrected chi connectivity index (χ3v) is 6.25. The van der Waals surface area contributed by atoms with Crippen LogP contribution in [0.2, 0.25) is 0 Å². The molecule has 3 N–H and O–H groups in total. The molecule has 3 aromatic rings. The molecule has 1 aromatic carbocycles. The minimum Gasteiger partial charge on any atom is -0.397 e. The molecule has 2 aromatic heterocycles. The first-order valence-corrected chi connectivity index (χ1v) is 10.1. The summed E-state index contributed by atoms with van der Waals surface area (Å²) in [5, 5.41) is 4.45. The van der Waals surface area contributed by atoms with Crippen LogP contribution < -0.4 is 11.1 Å². The number of nitrogens with zero attached hydrogens (tertiary/aromatic N) is 1. The highest BCUT2D eigenvalue weighted by atomic mass is 79.9. The van der Waals surface area contributed by atoms with E-state index in [1.54, 1.807) is 11.3 Å². The van der Waals surface area contributed by atoms with Gasteiger partial charge in [-0.1, -0.05) is 34.6 Å². The molecule has 3 nitrogen and oxygen atoms in total. The topological polar surface area (TPSA) is 50.9 Å². The first-order valence-electron chi connectivity index (χ1n) is 8.48. The van der Waals surface area contributed by atoms with Crippen molar-refractivity contribution in [3.8, 4) is 0 Å². The summed E-state index contributed by atoms with van der Waals surface area (Å²) in [6.07, 6.45) is 3.47. The van der Waals surface area contributed by atoms with E-state index in [1.165, 1.54) is 24.1 Å². The molecule has 25 heavy (non-hydrogen) atoms. The monoisotopic (exact) mass is 413 g/mol. The quantitative estimate of drug-likeness (QED) is 0.574. The second kappa shape index (κ2) is 6.81. The summed E-state index contributed by atoms with van der Waals surface area (Å²) in [5.41, 5.74) is 10.5. The van der Waals surface area contributed by atoms with Gasteiger partial charge in [-0.05, 0) is 49.1 Å². The van der Waals surface area contributed by atoms with Gasteiger partial charge in [0.2, 0.25) is 0 Å². The average Bonchev–Trinajstić information content (AvgIpc) is 3.41. The van der Waals surface area contributed by atoms with Crippen molar-refractivity contribution >= 4 is 48.9 Å². The number of nitrogen functional groups attached to an aromatic ring is 1. The van der Waals surface area contributed by atoms with E-state index < -0.39 is 0 Å². The van der Waals surface area contributed by atoms with Crippen molar-refractivity contribution in [2.24, 2.45) is 0 Å². The minimum atomic E-state index is 0.656. The molecule has 0 unspecified atom stereocenters. The first kappa shape index (κ1) is 16.6. The smallest absolute Gasteiger partial charge is 0.126 e. The third-order valence-electron chi connectivity index (χ3n) is 4.55. The normalized spacial score (nSPS) is 14.0. The lowest BCUT2D eigenvalue weighted by atomic mass is 10.1. The number of fused-ring (bicyclic) bond motifs is 1. The van der Waals surface area contributed by atoms with Crippen molar-refractivity contribution in [3.63, 3.8) is 0 Å². The van der Waals surface area contributed by atoms with Crippen molar-refractivity contribution in [2.45, 2.75) is 25.2 Å². The maximum atomic E-state index is 6.35. The summed E-state index contributed by atoms with van der Waals surface area (Å²) < 4.78 is 1.10. The predicted octanol–water partition coefficient (Wildman–Crippen LogP) is 5.32. The van der Waals surface area contributed by atoms with Gasteiger partial charge in [0.1, 0.15) is 4.83 Å². The second-order valence-corrected chi connectivity index (χ2v) is 8.40. The standard InChI is InChI=1S/C20H20BrN3S/c1-12(23-11-10-13-2-6-15(21)7-3-13)19-18(22)16-8-9-17(14-4-5-14)24-20(16)25-19/h2-3,6-9,14,23H,1,4-5,10-11,22H2. The van der Waals surface area contributed by atoms with Gasteiger partial charge in [0.15, 0.2) is 0 Å². The molecule has 1 saturated carbocycles. The van der Waals surface area contributed by atoms with E-state index in [9.17, 15) is 0 Å². The van der Waals surface area contributed by atoms with Crippen molar-refractivity contribution in [2.75, 3.05) is 12.3 Å². The molecule has 1 fully saturated rings. The molecule has 0 bridgehead atoms. The van der Waals surface area contributed by atoms with Crippen molar-refractivity contribution in [1.82, 2.24) is 10.3 Å². The van der Waals surface area contributed by atoms with Gasteiger partial charge >= 0.3 is 0 Å². The maximum absolute atomic E-state index is 6.35. The lowest BCUT2D eigenvalue weighted by Gasteiger charge is -2.09. The number of halogens is 1. The number of nitrogens with one attached hydrogen (secondary N) is 1. The number of rotatable bonds is 6. The van der Waals surface area contributed by atoms with Crippen LogP contribution in [-0.2, 0) is 6.42 Å². The fourth-order valence-electron chi connectivity index (χ4n) is 2.93. The minimum absolute atomic E-state index is 0.656. The molecule has 0 saturated heterocycles. The van der Waals surface area contributed by atoms with Crippen LogP contribution in [0, 0.1) is 0 Å². The van der Waals surface area contributed by atoms with Gasteiger partial charge < -0.3 is 11.1 Å². The zero-order valence-electron chi connectivity index (χ0n) is 13.9. The Hall–Kier alpha value is -1.85. The Morgan fingerprint density at radius 1 is 1.24 bits per heavy atom. The van der Waals surface area contributed by atoms with Crippen molar-refractivity contribution in [3.05, 3.63) is 63.6 Å². The summed E-state index contributed by atoms with van der Waals surface area (Å²) in [4.78, 5) is 6.83. The van der Waals surface area contributed by atoms with E-state index in [2.05, 4.69) is 64.2 Å². The fourth-order valence-corrected chi connectivity index (χ4v) is 4.24. The third kappa shape index (κ3) is 3.58. The number of hydrogen-bond acceptors (Lipinski definition) is 4. The number of aromatic nitrogens is 1. The van der Waals surface area contributed by atoms with Gasteiger partial charge in [-0.3, -0.25) is 0 Å². The van der Waals surface area contributed by atoms with Gasteiger partial charge in [-0.2, -0.15) is 0 Å². The molecule has 4 rings (SSSR count). The number of pyridine rings is 1. The summed E-state index contributed by atoms with van der Waals surface area (Å²) in [5.74, 6) is 0.656. The highest BCUT2D eigenvalue weighted by molar-refractivity contribution is 9.10. The van der Waals surface area contributed by atoms with Gasteiger partial charge in [0.25, 0.3) is 0 Å². The Balaban J connectivity index is 1.45. The Bertz CT molecular complexity index is 926. The van der Waals surface area contributed by atoms with Crippen LogP contribution >= 0.6 is 27.3 Å². The highest BCUT2D eigenvalue weighted by Gasteiger charge is 2.25. The summed E-state index contributed by atoms with van der Waals surface area (Å²) in [6, 6.07) is 12.6. The Kier molecular flexibility index (Phi) is 4.52. The molecule has 1 aliphatic rings. The van der Waals surface area contributed by atoms with Crippen molar-refractivity contribution < 1.29 is 0 Å². The molecule has 1 aliphatic carbocycles. The van der Waals surface area contributed by atoms with Crippen LogP contribution in [-0.4, -0.2) is 11.5 Å². The largest absolute Gasteiger partial charge is 0.397 e. The Labute approximate surface area is 160 Å². The van der Waals surface area contributed by atoms with Crippen LogP contribution in [0.25, 0.3) is 15.9 Å². The number of nitrogens with two attached hydrogens (primary N) is 1. The van der Waals surface area contributed by atoms with Crippen LogP contribution in [0.4, 0.5) is 5.69 Å². The van der Waals surface area contributed by atoms with Crippen LogP contribution in [0.15, 0.2) is 47.4 Å². The highest BCUT2D eigenvalue weighted by Crippen LogP contribution is 2.42. The molecule has 0 spiro atoms. The zero-order chi connectivity index (χ0) is 17.4. The number of benzene rings is 1. The van der Waals surface area contributed by atoms with E-state index >= 15 is 0 Å². The van der Waals surface area contributed by atoms with E-state index in [0.29, 0.717) is 5.92 Å². The van der Waals surface area contributed by atoms with Crippen LogP contribution in [0.3, 0.4) is 0 Å². The van der Waals surface area contributed by atoms with Crippen LogP contribution in [0.1, 0.15) is 34.9 Å². The maximum Gasteiger partial charge on any atom is 0.126 e. The molecule has 0 radical (unpaired) electrons. The van der Waals surface area contributed by atoms with Gasteiger partial charge in [-0.15, -0.1) is 11.3 Å². The van der Waals surface area contributed by atoms with Crippen molar-refractivity contribution in [1.29, 1.82) is 0 Å². The Morgan fingerprint density at radius 2 is 2.00 bits per heavy atom. The molecule has 0 atom stereocenters. The SMILES string of the molecule is C=C(NCCc1ccc(Br)cc1)c1sc2nc(C3CC3)ccc2c1N. The first-order chi connectivity index (χ1) is 12.1. The summed E-state index contributed by atoms with van der Waals surface area (Å²) in [7, 11) is 0. The number of hydrogen-bond donors (Lipinski definition) is 2. The van der Waals surface area contributed by atoms with Gasteiger partial charge in [-0.25, -0.2) is 4.98 Å². The molecule has 128 valence electrons. The van der Waals surface area contributed by atoms with E-state index in [1.807, 2.05) is 0 Å². The summed E-state index contributed by atoms with van der Waals surface area (Å²) >= 11 is 5.10. The molecular weight excluding hydrogens is 394 g/mol. The van der Waals surface area contributed by atoms with E-state index in [0.717, 1.165) is 43.9 Å². The van der Waals surface area contributed by atoms with Gasteiger partial charge in [0, 0.05) is 33.7 Å². The lowest BCUT2D eigenvalue weighted by Crippen LogP contribution is -2.15. The Morgan fingerprint density at radius 3 is 2.72 bits per heavy atom. The predicted molar refractivity (Wildman–Crippen MR) is 111 cm³/mol. The second-order valence-electron chi connectivity index (χ2n) is 6.49. The molecular formula is C20H20BrN3S. The summed E-state index contributed by atoms with van der Waals surface area (Å²) in [6.45, 7) is 5.01. The van der Waals surface area contributed by atoms with Crippen LogP contribution in [0.5, 0.6) is 0 Å². The molecule has 5 heteroatoms. The number of thiophene rings is 1. The molecule has 2 heterocycles. The molecule has 0 aliphatic heterocycles. The zero-order valence-corrected chi connectivity index (χ0v) is 16.3. The van der Waals surface area contributed by atoms with E-state index in [-0.39, 0.29) is 0 Å². The average molecular weight is 414 g/mol. The number of anilines is 1. The van der Waals surface area contributed by atoms with E-state index in [4.69, 9.17) is 10.7 Å². The molecule has 0 amide bonds. The van der Waals surface area contributed by atoms with Gasteiger partial charge in [0.05, 0.1) is 10.6 Å². The fraction of sp³-hybridized carbons (Fsp3) is 0.250.